The Morgan fingerprint density at radius 1 is 1.62 bits per heavy atom. The van der Waals surface area contributed by atoms with E-state index < -0.39 is 5.92 Å². The summed E-state index contributed by atoms with van der Waals surface area (Å²) >= 11 is 0. The van der Waals surface area contributed by atoms with Gasteiger partial charge >= 0.3 is 0 Å². The lowest BCUT2D eigenvalue weighted by molar-refractivity contribution is -0.135. The Morgan fingerprint density at radius 3 is 2.62 bits per heavy atom. The second kappa shape index (κ2) is 5.72. The summed E-state index contributed by atoms with van der Waals surface area (Å²) in [5.74, 6) is -0.472. The molecule has 1 amide bonds. The van der Waals surface area contributed by atoms with Gasteiger partial charge in [-0.1, -0.05) is 18.5 Å². The first-order valence-corrected chi connectivity index (χ1v) is 5.85. The smallest absolute Gasteiger partial charge is 0.233 e. The average Bonchev–Trinajstić information content (AvgIpc) is 2.21. The van der Waals surface area contributed by atoms with Crippen LogP contribution < -0.4 is 5.73 Å². The Balaban J connectivity index is 2.65. The number of amidine groups is 1. The molecule has 1 aliphatic carbocycles. The summed E-state index contributed by atoms with van der Waals surface area (Å²) in [7, 11) is 1.81. The number of carbonyl (C=O) groups is 1. The molecule has 1 fully saturated rings. The van der Waals surface area contributed by atoms with Crippen molar-refractivity contribution in [3.8, 4) is 0 Å². The second-order valence-corrected chi connectivity index (χ2v) is 4.40. The number of carbonyl (C=O) groups excluding carboxylic acids is 1. The molecule has 0 aliphatic heterocycles. The molecule has 0 aromatic carbocycles. The molecule has 1 aliphatic rings. The minimum atomic E-state index is -0.472. The Bertz CT molecular complexity index is 274. The van der Waals surface area contributed by atoms with Gasteiger partial charge in [-0.25, -0.2) is 0 Å². The summed E-state index contributed by atoms with van der Waals surface area (Å²) < 4.78 is 0. The van der Waals surface area contributed by atoms with E-state index in [9.17, 15) is 4.79 Å². The highest BCUT2D eigenvalue weighted by Crippen LogP contribution is 2.25. The third-order valence-corrected chi connectivity index (χ3v) is 3.32. The van der Waals surface area contributed by atoms with E-state index in [0.717, 1.165) is 19.3 Å². The van der Waals surface area contributed by atoms with Gasteiger partial charge in [0.1, 0.15) is 0 Å². The first-order valence-electron chi connectivity index (χ1n) is 5.85. The Kier molecular flexibility index (Phi) is 4.58. The number of nitrogens with two attached hydrogens (primary N) is 1. The number of hydrogen-bond donors (Lipinski definition) is 2. The number of rotatable bonds is 5. The number of oxime groups is 1. The van der Waals surface area contributed by atoms with Gasteiger partial charge in [0, 0.05) is 13.1 Å². The van der Waals surface area contributed by atoms with Crippen LogP contribution in [0.5, 0.6) is 0 Å². The summed E-state index contributed by atoms with van der Waals surface area (Å²) in [6.07, 6.45) is 4.79. The summed E-state index contributed by atoms with van der Waals surface area (Å²) in [5, 5.41) is 11.6. The first kappa shape index (κ1) is 12.8. The molecule has 0 radical (unpaired) electrons. The van der Waals surface area contributed by atoms with Crippen molar-refractivity contribution in [1.29, 1.82) is 0 Å². The van der Waals surface area contributed by atoms with Gasteiger partial charge in [0.15, 0.2) is 5.84 Å². The van der Waals surface area contributed by atoms with Gasteiger partial charge in [-0.05, 0) is 25.7 Å². The normalized spacial score (nSPS) is 19.0. The quantitative estimate of drug-likeness (QED) is 0.320. The van der Waals surface area contributed by atoms with Crippen molar-refractivity contribution in [2.45, 2.75) is 45.1 Å². The molecule has 1 unspecified atom stereocenters. The molecule has 92 valence electrons. The molecule has 1 saturated carbocycles. The Hall–Kier alpha value is -1.26. The molecule has 3 N–H and O–H groups in total. The van der Waals surface area contributed by atoms with Gasteiger partial charge in [0.2, 0.25) is 5.91 Å². The number of nitrogens with zero attached hydrogens (tertiary/aromatic N) is 2. The van der Waals surface area contributed by atoms with Crippen LogP contribution in [-0.2, 0) is 4.79 Å². The molecule has 0 spiro atoms. The zero-order valence-corrected chi connectivity index (χ0v) is 10.0. The summed E-state index contributed by atoms with van der Waals surface area (Å²) in [5.41, 5.74) is 5.55. The van der Waals surface area contributed by atoms with Crippen LogP contribution >= 0.6 is 0 Å². The van der Waals surface area contributed by atoms with Crippen molar-refractivity contribution in [2.24, 2.45) is 16.8 Å². The predicted molar refractivity (Wildman–Crippen MR) is 62.2 cm³/mol. The van der Waals surface area contributed by atoms with Crippen LogP contribution in [0, 0.1) is 5.92 Å². The highest BCUT2D eigenvalue weighted by molar-refractivity contribution is 6.02. The maximum Gasteiger partial charge on any atom is 0.233 e. The molecule has 16 heavy (non-hydrogen) atoms. The van der Waals surface area contributed by atoms with Crippen LogP contribution in [-0.4, -0.2) is 34.9 Å². The summed E-state index contributed by atoms with van der Waals surface area (Å²) in [6, 6.07) is 0.346. The molecule has 0 heterocycles. The first-order chi connectivity index (χ1) is 7.61. The molecular weight excluding hydrogens is 206 g/mol. The highest BCUT2D eigenvalue weighted by atomic mass is 16.4. The molecule has 1 atom stereocenters. The van der Waals surface area contributed by atoms with E-state index in [2.05, 4.69) is 5.16 Å². The van der Waals surface area contributed by atoms with Gasteiger partial charge < -0.3 is 15.8 Å². The SMILES string of the molecule is CCCC(C(=O)N(C)C1CCC1)C(N)=NO. The van der Waals surface area contributed by atoms with Crippen molar-refractivity contribution in [3.63, 3.8) is 0 Å². The Labute approximate surface area is 96.3 Å². The van der Waals surface area contributed by atoms with E-state index in [1.165, 1.54) is 6.42 Å². The van der Waals surface area contributed by atoms with Gasteiger partial charge in [0.25, 0.3) is 0 Å². The average molecular weight is 227 g/mol. The van der Waals surface area contributed by atoms with Crippen LogP contribution in [0.3, 0.4) is 0 Å². The third kappa shape index (κ3) is 2.65. The van der Waals surface area contributed by atoms with Gasteiger partial charge in [-0.2, -0.15) is 0 Å². The fourth-order valence-corrected chi connectivity index (χ4v) is 1.96. The zero-order valence-electron chi connectivity index (χ0n) is 10.0. The minimum Gasteiger partial charge on any atom is -0.409 e. The number of amides is 1. The van der Waals surface area contributed by atoms with Gasteiger partial charge in [-0.15, -0.1) is 0 Å². The van der Waals surface area contributed by atoms with Crippen LogP contribution in [0.25, 0.3) is 0 Å². The lowest BCUT2D eigenvalue weighted by Gasteiger charge is -2.36. The monoisotopic (exact) mass is 227 g/mol. The summed E-state index contributed by atoms with van der Waals surface area (Å²) in [4.78, 5) is 13.9. The van der Waals surface area contributed by atoms with E-state index >= 15 is 0 Å². The Morgan fingerprint density at radius 2 is 2.25 bits per heavy atom. The molecule has 5 heteroatoms. The summed E-state index contributed by atoms with van der Waals surface area (Å²) in [6.45, 7) is 1.98. The maximum atomic E-state index is 12.1. The second-order valence-electron chi connectivity index (χ2n) is 4.40. The molecule has 0 saturated heterocycles. The number of hydrogen-bond acceptors (Lipinski definition) is 3. The van der Waals surface area contributed by atoms with Crippen molar-refractivity contribution >= 4 is 11.7 Å². The van der Waals surface area contributed by atoms with Crippen LogP contribution in [0.1, 0.15) is 39.0 Å². The molecule has 0 bridgehead atoms. The van der Waals surface area contributed by atoms with Crippen LogP contribution in [0.15, 0.2) is 5.16 Å². The molecule has 0 aromatic heterocycles. The fraction of sp³-hybridized carbons (Fsp3) is 0.818. The van der Waals surface area contributed by atoms with E-state index in [-0.39, 0.29) is 11.7 Å². The minimum absolute atomic E-state index is 0.0259. The lowest BCUT2D eigenvalue weighted by atomic mass is 9.90. The van der Waals surface area contributed by atoms with Crippen molar-refractivity contribution in [3.05, 3.63) is 0 Å². The van der Waals surface area contributed by atoms with E-state index in [4.69, 9.17) is 10.9 Å². The fourth-order valence-electron chi connectivity index (χ4n) is 1.96. The molecule has 5 nitrogen and oxygen atoms in total. The van der Waals surface area contributed by atoms with Gasteiger partial charge in [0.05, 0.1) is 5.92 Å². The van der Waals surface area contributed by atoms with Crippen molar-refractivity contribution in [1.82, 2.24) is 4.90 Å². The van der Waals surface area contributed by atoms with E-state index in [1.54, 1.807) is 11.9 Å². The maximum absolute atomic E-state index is 12.1. The third-order valence-electron chi connectivity index (χ3n) is 3.32. The predicted octanol–water partition coefficient (Wildman–Crippen LogP) is 1.16. The van der Waals surface area contributed by atoms with Crippen LogP contribution in [0.2, 0.25) is 0 Å². The molecular formula is C11H21N3O2. The van der Waals surface area contributed by atoms with Crippen LogP contribution in [0.4, 0.5) is 0 Å². The van der Waals surface area contributed by atoms with Crippen molar-refractivity contribution in [2.75, 3.05) is 7.05 Å². The largest absolute Gasteiger partial charge is 0.409 e. The highest BCUT2D eigenvalue weighted by Gasteiger charge is 2.31. The van der Waals surface area contributed by atoms with Crippen molar-refractivity contribution < 1.29 is 10.0 Å². The van der Waals surface area contributed by atoms with Gasteiger partial charge in [-0.3, -0.25) is 4.79 Å². The topological polar surface area (TPSA) is 78.9 Å². The zero-order chi connectivity index (χ0) is 12.1. The van der Waals surface area contributed by atoms with E-state index in [1.807, 2.05) is 6.92 Å². The molecule has 0 aromatic rings. The molecule has 1 rings (SSSR count). The van der Waals surface area contributed by atoms with E-state index in [0.29, 0.717) is 12.5 Å². The lowest BCUT2D eigenvalue weighted by Crippen LogP contribution is -2.47. The standard InChI is InChI=1S/C11H21N3O2/c1-3-5-9(10(12)13-16)11(15)14(2)8-6-4-7-8/h8-9,16H,3-7H2,1-2H3,(H2,12,13).